The Hall–Kier alpha value is -1.43. The number of urea groups is 1. The number of hydrogen-bond donors (Lipinski definition) is 1. The molecule has 2 aliphatic heterocycles. The lowest BCUT2D eigenvalue weighted by molar-refractivity contribution is -0.158. The van der Waals surface area contributed by atoms with Crippen LogP contribution in [0.1, 0.15) is 32.6 Å². The first-order chi connectivity index (χ1) is 9.04. The van der Waals surface area contributed by atoms with Crippen LogP contribution < -0.4 is 5.32 Å². The summed E-state index contributed by atoms with van der Waals surface area (Å²) < 4.78 is 5.45. The van der Waals surface area contributed by atoms with Gasteiger partial charge in [0, 0.05) is 19.1 Å². The summed E-state index contributed by atoms with van der Waals surface area (Å²) in [6.07, 6.45) is 2.87. The fraction of sp³-hybridized carbons (Fsp3) is 0.769. The Morgan fingerprint density at radius 3 is 2.63 bits per heavy atom. The van der Waals surface area contributed by atoms with Gasteiger partial charge in [-0.3, -0.25) is 19.8 Å². The monoisotopic (exact) mass is 266 g/mol. The SMILES string of the molecule is CC1OCCC1CN1C(=O)NC(=O)C2(CCC2)C1=O. The standard InChI is InChI=1S/C13H18N2O4/c1-8-9(3-6-19-8)7-15-11(17)13(4-2-5-13)10(16)14-12(15)18/h8-9H,2-7H2,1H3,(H,14,16,18). The molecule has 4 amide bonds. The number of barbiturate groups is 1. The number of ether oxygens (including phenoxy) is 1. The Labute approximate surface area is 111 Å². The Morgan fingerprint density at radius 2 is 2.11 bits per heavy atom. The number of rotatable bonds is 2. The van der Waals surface area contributed by atoms with Crippen molar-refractivity contribution in [3.8, 4) is 0 Å². The number of amides is 4. The number of hydrogen-bond acceptors (Lipinski definition) is 4. The second kappa shape index (κ2) is 4.30. The van der Waals surface area contributed by atoms with Crippen molar-refractivity contribution in [3.63, 3.8) is 0 Å². The first-order valence-electron chi connectivity index (χ1n) is 6.83. The van der Waals surface area contributed by atoms with Crippen molar-refractivity contribution in [2.45, 2.75) is 38.7 Å². The molecule has 2 unspecified atom stereocenters. The van der Waals surface area contributed by atoms with E-state index in [9.17, 15) is 14.4 Å². The van der Waals surface area contributed by atoms with Crippen molar-refractivity contribution in [3.05, 3.63) is 0 Å². The zero-order chi connectivity index (χ0) is 13.6. The molecule has 0 radical (unpaired) electrons. The molecule has 6 heteroatoms. The van der Waals surface area contributed by atoms with Crippen LogP contribution in [0.2, 0.25) is 0 Å². The molecule has 0 bridgehead atoms. The van der Waals surface area contributed by atoms with Crippen LogP contribution in [0.15, 0.2) is 0 Å². The molecule has 19 heavy (non-hydrogen) atoms. The highest BCUT2D eigenvalue weighted by Crippen LogP contribution is 2.44. The number of carbonyl (C=O) groups is 3. The van der Waals surface area contributed by atoms with Gasteiger partial charge in [0.15, 0.2) is 0 Å². The third-order valence-corrected chi connectivity index (χ3v) is 4.71. The molecule has 1 spiro atoms. The van der Waals surface area contributed by atoms with Gasteiger partial charge in [-0.1, -0.05) is 6.42 Å². The van der Waals surface area contributed by atoms with Crippen molar-refractivity contribution < 1.29 is 19.1 Å². The molecule has 6 nitrogen and oxygen atoms in total. The second-order valence-corrected chi connectivity index (χ2v) is 5.74. The lowest BCUT2D eigenvalue weighted by Crippen LogP contribution is -2.66. The Kier molecular flexibility index (Phi) is 2.85. The molecule has 3 rings (SSSR count). The highest BCUT2D eigenvalue weighted by atomic mass is 16.5. The van der Waals surface area contributed by atoms with Gasteiger partial charge in [-0.2, -0.15) is 0 Å². The van der Waals surface area contributed by atoms with Crippen LogP contribution in [0, 0.1) is 11.3 Å². The van der Waals surface area contributed by atoms with E-state index < -0.39 is 17.4 Å². The smallest absolute Gasteiger partial charge is 0.330 e. The normalized spacial score (nSPS) is 33.5. The van der Waals surface area contributed by atoms with E-state index in [2.05, 4.69) is 5.32 Å². The van der Waals surface area contributed by atoms with Crippen molar-refractivity contribution in [2.75, 3.05) is 13.2 Å². The highest BCUT2D eigenvalue weighted by molar-refractivity contribution is 6.19. The largest absolute Gasteiger partial charge is 0.378 e. The summed E-state index contributed by atoms with van der Waals surface area (Å²) in [4.78, 5) is 37.4. The maximum atomic E-state index is 12.4. The van der Waals surface area contributed by atoms with Crippen LogP contribution >= 0.6 is 0 Å². The molecule has 2 atom stereocenters. The summed E-state index contributed by atoms with van der Waals surface area (Å²) in [6, 6.07) is -0.577. The third kappa shape index (κ3) is 1.77. The Morgan fingerprint density at radius 1 is 1.37 bits per heavy atom. The van der Waals surface area contributed by atoms with Crippen LogP contribution in [0.25, 0.3) is 0 Å². The second-order valence-electron chi connectivity index (χ2n) is 5.74. The molecule has 1 aliphatic carbocycles. The molecule has 104 valence electrons. The van der Waals surface area contributed by atoms with E-state index in [-0.39, 0.29) is 17.9 Å². The van der Waals surface area contributed by atoms with E-state index in [4.69, 9.17) is 4.74 Å². The van der Waals surface area contributed by atoms with E-state index in [1.54, 1.807) is 0 Å². The molecule has 0 aromatic carbocycles. The lowest BCUT2D eigenvalue weighted by atomic mass is 9.66. The minimum absolute atomic E-state index is 0.0515. The van der Waals surface area contributed by atoms with Gasteiger partial charge in [0.25, 0.3) is 0 Å². The highest BCUT2D eigenvalue weighted by Gasteiger charge is 2.57. The van der Waals surface area contributed by atoms with Gasteiger partial charge in [0.05, 0.1) is 6.10 Å². The molecular formula is C13H18N2O4. The van der Waals surface area contributed by atoms with Gasteiger partial charge in [-0.05, 0) is 26.2 Å². The van der Waals surface area contributed by atoms with Crippen LogP contribution in [-0.4, -0.2) is 42.0 Å². The zero-order valence-corrected chi connectivity index (χ0v) is 11.0. The van der Waals surface area contributed by atoms with E-state index in [0.29, 0.717) is 26.0 Å². The van der Waals surface area contributed by atoms with Gasteiger partial charge >= 0.3 is 6.03 Å². The van der Waals surface area contributed by atoms with Crippen molar-refractivity contribution in [1.82, 2.24) is 10.2 Å². The average Bonchev–Trinajstić information content (AvgIpc) is 2.68. The van der Waals surface area contributed by atoms with E-state index in [0.717, 1.165) is 12.8 Å². The third-order valence-electron chi connectivity index (χ3n) is 4.71. The zero-order valence-electron chi connectivity index (χ0n) is 11.0. The first-order valence-corrected chi connectivity index (χ1v) is 6.83. The molecule has 0 aromatic heterocycles. The Balaban J connectivity index is 1.78. The van der Waals surface area contributed by atoms with E-state index >= 15 is 0 Å². The fourth-order valence-corrected chi connectivity index (χ4v) is 3.12. The van der Waals surface area contributed by atoms with Crippen LogP contribution in [-0.2, 0) is 14.3 Å². The maximum absolute atomic E-state index is 12.4. The number of carbonyl (C=O) groups excluding carboxylic acids is 3. The lowest BCUT2D eigenvalue weighted by Gasteiger charge is -2.45. The van der Waals surface area contributed by atoms with Gasteiger partial charge in [0.1, 0.15) is 5.41 Å². The van der Waals surface area contributed by atoms with Gasteiger partial charge in [0.2, 0.25) is 11.8 Å². The predicted octanol–water partition coefficient (Wildman–Crippen LogP) is 0.660. The predicted molar refractivity (Wildman–Crippen MR) is 65.1 cm³/mol. The summed E-state index contributed by atoms with van der Waals surface area (Å²) in [5.74, 6) is -0.563. The number of imide groups is 2. The number of nitrogens with one attached hydrogen (secondary N) is 1. The topological polar surface area (TPSA) is 75.7 Å². The molecule has 2 heterocycles. The number of nitrogens with zero attached hydrogens (tertiary/aromatic N) is 1. The van der Waals surface area contributed by atoms with Crippen molar-refractivity contribution in [2.24, 2.45) is 11.3 Å². The van der Waals surface area contributed by atoms with Crippen LogP contribution in [0.3, 0.4) is 0 Å². The van der Waals surface area contributed by atoms with E-state index in [1.165, 1.54) is 4.90 Å². The van der Waals surface area contributed by atoms with Gasteiger partial charge < -0.3 is 4.74 Å². The summed E-state index contributed by atoms with van der Waals surface area (Å²) in [6.45, 7) is 2.97. The van der Waals surface area contributed by atoms with Crippen molar-refractivity contribution in [1.29, 1.82) is 0 Å². The molecule has 3 aliphatic rings. The maximum Gasteiger partial charge on any atom is 0.330 e. The minimum Gasteiger partial charge on any atom is -0.378 e. The molecule has 1 saturated carbocycles. The van der Waals surface area contributed by atoms with E-state index in [1.807, 2.05) is 6.92 Å². The molecule has 1 N–H and O–H groups in total. The summed E-state index contributed by atoms with van der Waals surface area (Å²) in [7, 11) is 0. The van der Waals surface area contributed by atoms with Crippen molar-refractivity contribution >= 4 is 17.8 Å². The van der Waals surface area contributed by atoms with Crippen LogP contribution in [0.4, 0.5) is 4.79 Å². The average molecular weight is 266 g/mol. The molecule has 3 fully saturated rings. The quantitative estimate of drug-likeness (QED) is 0.745. The molecular weight excluding hydrogens is 248 g/mol. The summed E-state index contributed by atoms with van der Waals surface area (Å²) in [5, 5.41) is 2.33. The van der Waals surface area contributed by atoms with Crippen LogP contribution in [0.5, 0.6) is 0 Å². The summed E-state index contributed by atoms with van der Waals surface area (Å²) >= 11 is 0. The van der Waals surface area contributed by atoms with Gasteiger partial charge in [-0.15, -0.1) is 0 Å². The fourth-order valence-electron chi connectivity index (χ4n) is 3.12. The Bertz CT molecular complexity index is 444. The first kappa shape index (κ1) is 12.6. The molecule has 2 saturated heterocycles. The van der Waals surface area contributed by atoms with Gasteiger partial charge in [-0.25, -0.2) is 4.79 Å². The summed E-state index contributed by atoms with van der Waals surface area (Å²) in [5.41, 5.74) is -0.962. The minimum atomic E-state index is -0.962. The molecule has 0 aromatic rings.